The van der Waals surface area contributed by atoms with Crippen LogP contribution in [0.25, 0.3) is 0 Å². The topological polar surface area (TPSA) is 98.5 Å². The number of rotatable bonds is 6. The van der Waals surface area contributed by atoms with Gasteiger partial charge in [-0.1, -0.05) is 0 Å². The number of nitro groups is 1. The third kappa shape index (κ3) is 4.00. The van der Waals surface area contributed by atoms with Gasteiger partial charge in [-0.3, -0.25) is 10.1 Å². The number of aliphatic hydroxyl groups is 1. The van der Waals surface area contributed by atoms with Crippen molar-refractivity contribution >= 4 is 17.0 Å². The first-order valence-corrected chi connectivity index (χ1v) is 8.04. The smallest absolute Gasteiger partial charge is 0.296 e. The maximum atomic E-state index is 14.4. The van der Waals surface area contributed by atoms with E-state index in [1.165, 1.54) is 20.8 Å². The van der Waals surface area contributed by atoms with Gasteiger partial charge in [-0.25, -0.2) is 13.2 Å². The molecule has 2 N–H and O–H groups in total. The fourth-order valence-corrected chi connectivity index (χ4v) is 2.77. The molecular weight excluding hydrogens is 349 g/mol. The fraction of sp³-hybridized carbons (Fsp3) is 0.571. The lowest BCUT2D eigenvalue weighted by molar-refractivity contribution is -0.385. The molecule has 24 heavy (non-hydrogen) atoms. The number of aliphatic hydroxyl groups excluding tert-OH is 1. The van der Waals surface area contributed by atoms with E-state index in [9.17, 15) is 27.8 Å². The first kappa shape index (κ1) is 20.7. The summed E-state index contributed by atoms with van der Waals surface area (Å²) in [6.07, 6.45) is 0. The van der Waals surface area contributed by atoms with Gasteiger partial charge in [-0.2, -0.15) is 0 Å². The zero-order valence-electron chi connectivity index (χ0n) is 13.6. The second-order valence-electron chi connectivity index (χ2n) is 6.39. The fourth-order valence-electron chi connectivity index (χ4n) is 1.83. The Bertz CT molecular complexity index is 625. The molecule has 0 radical (unpaired) electrons. The number of nitrogens with zero attached hydrogens (tertiary/aromatic N) is 1. The molecule has 0 amide bonds. The maximum Gasteiger partial charge on any atom is 0.296 e. The summed E-state index contributed by atoms with van der Waals surface area (Å²) < 4.78 is 56.3. The van der Waals surface area contributed by atoms with Gasteiger partial charge in [0.25, 0.3) is 11.6 Å². The summed E-state index contributed by atoms with van der Waals surface area (Å²) in [6.45, 7) is 3.71. The van der Waals surface area contributed by atoms with Crippen LogP contribution >= 0.6 is 0 Å². The van der Waals surface area contributed by atoms with Crippen LogP contribution in [0.5, 0.6) is 0 Å². The Kier molecular flexibility index (Phi) is 5.92. The molecule has 136 valence electrons. The molecule has 0 aromatic heterocycles. The van der Waals surface area contributed by atoms with E-state index in [0.29, 0.717) is 12.1 Å². The van der Waals surface area contributed by atoms with Crippen molar-refractivity contribution in [3.63, 3.8) is 0 Å². The van der Waals surface area contributed by atoms with Crippen LogP contribution in [-0.2, 0) is 16.9 Å². The summed E-state index contributed by atoms with van der Waals surface area (Å²) >= 11 is -2.06. The lowest BCUT2D eigenvalue weighted by Gasteiger charge is -2.39. The Labute approximate surface area is 140 Å². The molecule has 0 aliphatic heterocycles. The third-order valence-electron chi connectivity index (χ3n) is 3.48. The van der Waals surface area contributed by atoms with Gasteiger partial charge < -0.3 is 9.66 Å². The molecule has 0 bridgehead atoms. The minimum atomic E-state index is -3.94. The summed E-state index contributed by atoms with van der Waals surface area (Å²) in [7, 11) is 0. The van der Waals surface area contributed by atoms with Crippen LogP contribution in [-0.4, -0.2) is 31.9 Å². The molecule has 0 unspecified atom stereocenters. The molecule has 1 rings (SSSR count). The van der Waals surface area contributed by atoms with Crippen molar-refractivity contribution in [2.24, 2.45) is 0 Å². The summed E-state index contributed by atoms with van der Waals surface area (Å²) in [6, 6.07) is 2.16. The van der Waals surface area contributed by atoms with Gasteiger partial charge in [0.1, 0.15) is 17.2 Å². The molecule has 0 fully saturated rings. The molecule has 0 aliphatic rings. The van der Waals surface area contributed by atoms with Crippen molar-refractivity contribution in [3.05, 3.63) is 39.7 Å². The Hall–Kier alpha value is -1.36. The van der Waals surface area contributed by atoms with Crippen molar-refractivity contribution in [1.29, 1.82) is 0 Å². The van der Waals surface area contributed by atoms with Gasteiger partial charge in [-0.15, -0.1) is 4.72 Å². The number of nitrogens with one attached hydrogen (secondary N) is 1. The lowest BCUT2D eigenvalue weighted by Crippen LogP contribution is -2.60. The molecule has 6 nitrogen and oxygen atoms in total. The summed E-state index contributed by atoms with van der Waals surface area (Å²) in [5.74, 6) is -5.08. The quantitative estimate of drug-likeness (QED) is 0.457. The molecule has 0 saturated heterocycles. The summed E-state index contributed by atoms with van der Waals surface area (Å²) in [4.78, 5) is 10.00. The van der Waals surface area contributed by atoms with Crippen molar-refractivity contribution in [1.82, 2.24) is 4.72 Å². The zero-order valence-corrected chi connectivity index (χ0v) is 14.4. The summed E-state index contributed by atoms with van der Waals surface area (Å²) in [5.41, 5.74) is -3.99. The number of hydrogen-bond donors (Lipinski definition) is 2. The molecule has 1 aromatic rings. The maximum absolute atomic E-state index is 14.4. The van der Waals surface area contributed by atoms with E-state index >= 15 is 0 Å². The summed E-state index contributed by atoms with van der Waals surface area (Å²) in [5, 5.41) is 19.9. The number of halogens is 3. The highest BCUT2D eigenvalue weighted by atomic mass is 32.2. The van der Waals surface area contributed by atoms with Crippen molar-refractivity contribution in [2.75, 3.05) is 6.61 Å². The van der Waals surface area contributed by atoms with Crippen LogP contribution in [0.15, 0.2) is 18.2 Å². The van der Waals surface area contributed by atoms with E-state index in [1.807, 2.05) is 0 Å². The monoisotopic (exact) mass is 368 g/mol. The van der Waals surface area contributed by atoms with E-state index < -0.39 is 56.2 Å². The SMILES string of the molecule is CC(C)(C)[S@@+]([O-])N[C@](C)(c1cc([N+](=O)[O-])ccc1F)C(F)(F)CO. The number of alkyl halides is 2. The van der Waals surface area contributed by atoms with Crippen molar-refractivity contribution in [3.8, 4) is 0 Å². The van der Waals surface area contributed by atoms with E-state index in [-0.39, 0.29) is 0 Å². The lowest BCUT2D eigenvalue weighted by atomic mass is 9.86. The van der Waals surface area contributed by atoms with E-state index in [0.717, 1.165) is 13.0 Å². The number of non-ortho nitro benzene ring substituents is 1. The minimum Gasteiger partial charge on any atom is -0.598 e. The highest BCUT2D eigenvalue weighted by Gasteiger charge is 2.56. The second-order valence-corrected chi connectivity index (χ2v) is 8.36. The van der Waals surface area contributed by atoms with Crippen LogP contribution in [0.3, 0.4) is 0 Å². The Morgan fingerprint density at radius 3 is 2.25 bits per heavy atom. The first-order chi connectivity index (χ1) is 10.8. The Morgan fingerprint density at radius 1 is 1.29 bits per heavy atom. The molecule has 0 saturated carbocycles. The van der Waals surface area contributed by atoms with Gasteiger partial charge in [0, 0.05) is 29.1 Å². The molecular formula is C14H19F3N2O4S. The number of benzene rings is 1. The van der Waals surface area contributed by atoms with Crippen molar-refractivity contribution < 1.29 is 27.8 Å². The van der Waals surface area contributed by atoms with Crippen LogP contribution in [0.4, 0.5) is 18.9 Å². The average molecular weight is 368 g/mol. The van der Waals surface area contributed by atoms with Gasteiger partial charge in [0.15, 0.2) is 5.54 Å². The van der Waals surface area contributed by atoms with Crippen molar-refractivity contribution in [2.45, 2.75) is 43.9 Å². The van der Waals surface area contributed by atoms with Crippen LogP contribution in [0.2, 0.25) is 0 Å². The zero-order chi connectivity index (χ0) is 18.9. The Morgan fingerprint density at radius 2 is 1.83 bits per heavy atom. The molecule has 10 heteroatoms. The molecule has 0 heterocycles. The normalized spacial score (nSPS) is 16.5. The highest BCUT2D eigenvalue weighted by molar-refractivity contribution is 7.90. The van der Waals surface area contributed by atoms with E-state index in [1.54, 1.807) is 0 Å². The van der Waals surface area contributed by atoms with Crippen LogP contribution in [0, 0.1) is 15.9 Å². The second kappa shape index (κ2) is 6.87. The standard InChI is InChI=1S/C14H19F3N2O4S/c1-12(2,3)24(23)18-13(4,14(16,17)8-20)10-7-9(19(21)22)5-6-11(10)15/h5-7,18,20H,8H2,1-4H3/t13-,24-/m1/s1. The highest BCUT2D eigenvalue weighted by Crippen LogP contribution is 2.41. The average Bonchev–Trinajstić information content (AvgIpc) is 2.45. The molecule has 0 spiro atoms. The van der Waals surface area contributed by atoms with E-state index in [2.05, 4.69) is 4.72 Å². The Balaban J connectivity index is 3.55. The van der Waals surface area contributed by atoms with Crippen LogP contribution < -0.4 is 4.72 Å². The number of hydrogen-bond acceptors (Lipinski definition) is 5. The molecule has 1 aromatic carbocycles. The predicted octanol–water partition coefficient (Wildman–Crippen LogP) is 2.63. The van der Waals surface area contributed by atoms with E-state index in [4.69, 9.17) is 5.11 Å². The van der Waals surface area contributed by atoms with Gasteiger partial charge >= 0.3 is 0 Å². The van der Waals surface area contributed by atoms with Gasteiger partial charge in [0.2, 0.25) is 0 Å². The van der Waals surface area contributed by atoms with Gasteiger partial charge in [-0.05, 0) is 33.8 Å². The molecule has 2 atom stereocenters. The predicted molar refractivity (Wildman–Crippen MR) is 83.5 cm³/mol. The molecule has 0 aliphatic carbocycles. The largest absolute Gasteiger partial charge is 0.598 e. The first-order valence-electron chi connectivity index (χ1n) is 6.89. The van der Waals surface area contributed by atoms with Crippen LogP contribution in [0.1, 0.15) is 33.3 Å². The van der Waals surface area contributed by atoms with Gasteiger partial charge in [0.05, 0.1) is 4.92 Å². The third-order valence-corrected chi connectivity index (χ3v) is 5.19. The minimum absolute atomic E-state index is 0.602. The number of nitro benzene ring substituents is 1.